The van der Waals surface area contributed by atoms with Gasteiger partial charge in [0, 0.05) is 4.87 Å². The Hall–Kier alpha value is 0.290. The van der Waals surface area contributed by atoms with Crippen LogP contribution in [-0.2, 0) is 0 Å². The van der Waals surface area contributed by atoms with Crippen LogP contribution in [0.2, 0.25) is 0 Å². The Balaban J connectivity index is 4.59. The van der Waals surface area contributed by atoms with Crippen molar-refractivity contribution in [2.45, 2.75) is 86.5 Å². The lowest BCUT2D eigenvalue weighted by Gasteiger charge is -2.40. The van der Waals surface area contributed by atoms with Gasteiger partial charge >= 0.3 is 0 Å². The van der Waals surface area contributed by atoms with Crippen molar-refractivity contribution in [1.29, 1.82) is 0 Å². The summed E-state index contributed by atoms with van der Waals surface area (Å²) < 4.78 is 0. The molecule has 0 aromatic rings. The van der Waals surface area contributed by atoms with Gasteiger partial charge in [-0.15, -0.1) is 11.6 Å². The molecule has 0 radical (unpaired) electrons. The molecule has 0 N–H and O–H groups in total. The fraction of sp³-hybridized carbons (Fsp3) is 1.00. The molecular weight excluding hydrogens is 228 g/mol. The molecule has 0 saturated heterocycles. The molecule has 0 nitrogen and oxygen atoms in total. The molecule has 0 atom stereocenters. The highest BCUT2D eigenvalue weighted by Crippen LogP contribution is 2.45. The second-order valence-electron chi connectivity index (χ2n) is 9.14. The molecule has 0 heterocycles. The predicted molar refractivity (Wildman–Crippen MR) is 80.8 cm³/mol. The van der Waals surface area contributed by atoms with Gasteiger partial charge in [-0.2, -0.15) is 0 Å². The number of halogens is 1. The molecule has 0 aliphatic rings. The molecule has 0 aliphatic carbocycles. The van der Waals surface area contributed by atoms with Crippen molar-refractivity contribution < 1.29 is 0 Å². The third kappa shape index (κ3) is 9.94. The van der Waals surface area contributed by atoms with Gasteiger partial charge in [-0.05, 0) is 49.4 Å². The molecule has 1 heteroatoms. The Labute approximate surface area is 115 Å². The monoisotopic (exact) mass is 260 g/mol. The van der Waals surface area contributed by atoms with Crippen molar-refractivity contribution in [2.75, 3.05) is 0 Å². The Morgan fingerprint density at radius 1 is 0.588 bits per heavy atom. The van der Waals surface area contributed by atoms with E-state index in [1.54, 1.807) is 0 Å². The van der Waals surface area contributed by atoms with E-state index in [-0.39, 0.29) is 4.87 Å². The molecule has 104 valence electrons. The third-order valence-electron chi connectivity index (χ3n) is 2.86. The summed E-state index contributed by atoms with van der Waals surface area (Å²) in [5.41, 5.74) is 1.08. The van der Waals surface area contributed by atoms with Crippen LogP contribution in [0.25, 0.3) is 0 Å². The Morgan fingerprint density at radius 3 is 1.24 bits per heavy atom. The first-order valence-electron chi connectivity index (χ1n) is 6.81. The van der Waals surface area contributed by atoms with Gasteiger partial charge in [0.25, 0.3) is 0 Å². The number of hydrogen-bond acceptors (Lipinski definition) is 0. The standard InChI is InChI=1S/C16H33Cl/c1-13(2,3)10-14(4,5)11-15(6,7)12-16(8,9)17/h10-12H2,1-9H3. The van der Waals surface area contributed by atoms with E-state index in [2.05, 4.69) is 62.3 Å². The van der Waals surface area contributed by atoms with E-state index in [0.29, 0.717) is 16.2 Å². The topological polar surface area (TPSA) is 0 Å². The summed E-state index contributed by atoms with van der Waals surface area (Å²) in [4.78, 5) is -0.0959. The van der Waals surface area contributed by atoms with Gasteiger partial charge in [0.1, 0.15) is 0 Å². The molecule has 17 heavy (non-hydrogen) atoms. The fourth-order valence-corrected chi connectivity index (χ4v) is 4.36. The first-order valence-corrected chi connectivity index (χ1v) is 7.19. The van der Waals surface area contributed by atoms with Gasteiger partial charge in [0.2, 0.25) is 0 Å². The van der Waals surface area contributed by atoms with Gasteiger partial charge in [-0.3, -0.25) is 0 Å². The number of alkyl halides is 1. The van der Waals surface area contributed by atoms with E-state index in [1.807, 2.05) is 0 Å². The average Bonchev–Trinajstić information content (AvgIpc) is 1.65. The lowest BCUT2D eigenvalue weighted by molar-refractivity contribution is 0.121. The lowest BCUT2D eigenvalue weighted by Crippen LogP contribution is -2.31. The van der Waals surface area contributed by atoms with Crippen LogP contribution in [0.15, 0.2) is 0 Å². The van der Waals surface area contributed by atoms with E-state index in [4.69, 9.17) is 11.6 Å². The summed E-state index contributed by atoms with van der Waals surface area (Å²) in [6.45, 7) is 20.7. The molecular formula is C16H33Cl. The molecule has 0 spiro atoms. The molecule has 0 aromatic heterocycles. The van der Waals surface area contributed by atoms with Crippen molar-refractivity contribution in [1.82, 2.24) is 0 Å². The molecule has 0 fully saturated rings. The zero-order valence-electron chi connectivity index (χ0n) is 13.5. The summed E-state index contributed by atoms with van der Waals surface area (Å²) in [5, 5.41) is 0. The quantitative estimate of drug-likeness (QED) is 0.511. The highest BCUT2D eigenvalue weighted by molar-refractivity contribution is 6.23. The van der Waals surface area contributed by atoms with Gasteiger partial charge in [0.15, 0.2) is 0 Å². The second-order valence-corrected chi connectivity index (χ2v) is 10.2. The molecule has 0 bridgehead atoms. The van der Waals surface area contributed by atoms with Crippen LogP contribution in [0.3, 0.4) is 0 Å². The summed E-state index contributed by atoms with van der Waals surface area (Å²) in [7, 11) is 0. The molecule has 0 rings (SSSR count). The normalized spacial score (nSPS) is 15.2. The maximum atomic E-state index is 6.38. The van der Waals surface area contributed by atoms with Crippen molar-refractivity contribution in [2.24, 2.45) is 16.2 Å². The SMILES string of the molecule is CC(C)(C)CC(C)(C)CC(C)(C)CC(C)(C)Cl. The number of rotatable bonds is 5. The second kappa shape index (κ2) is 5.11. The highest BCUT2D eigenvalue weighted by atomic mass is 35.5. The zero-order valence-corrected chi connectivity index (χ0v) is 14.3. The maximum Gasteiger partial charge on any atom is 0.0395 e. The van der Waals surface area contributed by atoms with Crippen LogP contribution in [0.4, 0.5) is 0 Å². The number of hydrogen-bond donors (Lipinski definition) is 0. The summed E-state index contributed by atoms with van der Waals surface area (Å²) >= 11 is 6.38. The van der Waals surface area contributed by atoms with Gasteiger partial charge in [-0.1, -0.05) is 48.5 Å². The summed E-state index contributed by atoms with van der Waals surface area (Å²) in [6.07, 6.45) is 3.55. The molecule has 0 saturated carbocycles. The average molecular weight is 261 g/mol. The minimum Gasteiger partial charge on any atom is -0.120 e. The van der Waals surface area contributed by atoms with Crippen LogP contribution in [0, 0.1) is 16.2 Å². The molecule has 0 aromatic carbocycles. The molecule has 0 aliphatic heterocycles. The first-order chi connectivity index (χ1) is 7.12. The van der Waals surface area contributed by atoms with E-state index in [1.165, 1.54) is 12.8 Å². The van der Waals surface area contributed by atoms with E-state index in [9.17, 15) is 0 Å². The van der Waals surface area contributed by atoms with Crippen LogP contribution < -0.4 is 0 Å². The third-order valence-corrected chi connectivity index (χ3v) is 3.00. The Morgan fingerprint density at radius 2 is 0.941 bits per heavy atom. The van der Waals surface area contributed by atoms with Crippen molar-refractivity contribution in [3.05, 3.63) is 0 Å². The van der Waals surface area contributed by atoms with Crippen LogP contribution in [0.5, 0.6) is 0 Å². The van der Waals surface area contributed by atoms with Gasteiger partial charge in [-0.25, -0.2) is 0 Å². The van der Waals surface area contributed by atoms with Crippen molar-refractivity contribution in [3.63, 3.8) is 0 Å². The van der Waals surface area contributed by atoms with Gasteiger partial charge in [0.05, 0.1) is 0 Å². The molecule has 0 amide bonds. The van der Waals surface area contributed by atoms with Crippen LogP contribution in [-0.4, -0.2) is 4.87 Å². The van der Waals surface area contributed by atoms with Crippen molar-refractivity contribution >= 4 is 11.6 Å². The Kier molecular flexibility index (Phi) is 5.20. The van der Waals surface area contributed by atoms with Gasteiger partial charge < -0.3 is 0 Å². The minimum absolute atomic E-state index is 0.0959. The highest BCUT2D eigenvalue weighted by Gasteiger charge is 2.34. The van der Waals surface area contributed by atoms with E-state index >= 15 is 0 Å². The fourth-order valence-electron chi connectivity index (χ4n) is 3.99. The lowest BCUT2D eigenvalue weighted by atomic mass is 9.66. The Bertz CT molecular complexity index is 209. The summed E-state index contributed by atoms with van der Waals surface area (Å²) in [6, 6.07) is 0. The maximum absolute atomic E-state index is 6.38. The van der Waals surface area contributed by atoms with Crippen LogP contribution >= 0.6 is 11.6 Å². The largest absolute Gasteiger partial charge is 0.120 e. The van der Waals surface area contributed by atoms with Crippen molar-refractivity contribution in [3.8, 4) is 0 Å². The van der Waals surface area contributed by atoms with E-state index in [0.717, 1.165) is 6.42 Å². The predicted octanol–water partition coefficient (Wildman–Crippen LogP) is 6.27. The summed E-state index contributed by atoms with van der Waals surface area (Å²) in [5.74, 6) is 0. The first kappa shape index (κ1) is 17.3. The van der Waals surface area contributed by atoms with Crippen LogP contribution in [0.1, 0.15) is 81.6 Å². The zero-order chi connectivity index (χ0) is 14.1. The van der Waals surface area contributed by atoms with E-state index < -0.39 is 0 Å². The minimum atomic E-state index is -0.0959. The molecule has 0 unspecified atom stereocenters. The smallest absolute Gasteiger partial charge is 0.0395 e.